The van der Waals surface area contributed by atoms with E-state index in [1.165, 1.54) is 28.7 Å². The van der Waals surface area contributed by atoms with Crippen LogP contribution in [-0.4, -0.2) is 51.5 Å². The molecule has 4 rings (SSSR count). The lowest BCUT2D eigenvalue weighted by molar-refractivity contribution is -0.119. The van der Waals surface area contributed by atoms with Crippen LogP contribution in [0.4, 0.5) is 5.13 Å². The highest BCUT2D eigenvalue weighted by Gasteiger charge is 2.27. The molecule has 1 aromatic carbocycles. The number of benzene rings is 1. The zero-order valence-electron chi connectivity index (χ0n) is 15.1. The highest BCUT2D eigenvalue weighted by Crippen LogP contribution is 2.35. The molecule has 0 aliphatic carbocycles. The van der Waals surface area contributed by atoms with Crippen LogP contribution in [0.3, 0.4) is 0 Å². The van der Waals surface area contributed by atoms with Crippen LogP contribution < -0.4 is 9.64 Å². The van der Waals surface area contributed by atoms with E-state index in [1.807, 2.05) is 25.1 Å². The molecule has 9 heteroatoms. The lowest BCUT2D eigenvalue weighted by atomic mass is 10.2. The number of anilines is 1. The maximum atomic E-state index is 13.0. The average Bonchev–Trinajstić information content (AvgIpc) is 3.41. The number of fused-ring (bicyclic) bond motifs is 1. The summed E-state index contributed by atoms with van der Waals surface area (Å²) >= 11 is 1.48. The second-order valence-corrected chi connectivity index (χ2v) is 7.27. The Kier molecular flexibility index (Phi) is 5.30. The molecule has 27 heavy (non-hydrogen) atoms. The third-order valence-corrected chi connectivity index (χ3v) is 5.42. The summed E-state index contributed by atoms with van der Waals surface area (Å²) in [7, 11) is 0. The summed E-state index contributed by atoms with van der Waals surface area (Å²) in [6.07, 6.45) is 4.95. The first kappa shape index (κ1) is 17.9. The molecule has 0 bridgehead atoms. The average molecular weight is 387 g/mol. The van der Waals surface area contributed by atoms with Crippen molar-refractivity contribution in [2.45, 2.75) is 32.4 Å². The van der Waals surface area contributed by atoms with Crippen LogP contribution in [0.2, 0.25) is 0 Å². The molecule has 2 aromatic heterocycles. The lowest BCUT2D eigenvalue weighted by Crippen LogP contribution is -2.39. The van der Waals surface area contributed by atoms with Gasteiger partial charge in [0, 0.05) is 6.61 Å². The third kappa shape index (κ3) is 3.93. The topological polar surface area (TPSA) is 82.4 Å². The molecular formula is C18H21N5O3S. The maximum Gasteiger partial charge on any atom is 0.250 e. The number of amides is 1. The number of nitrogens with zero attached hydrogens (tertiary/aromatic N) is 5. The van der Waals surface area contributed by atoms with Gasteiger partial charge in [-0.25, -0.2) is 14.6 Å². The van der Waals surface area contributed by atoms with Gasteiger partial charge >= 0.3 is 0 Å². The summed E-state index contributed by atoms with van der Waals surface area (Å²) in [5, 5.41) is 4.69. The number of hydrogen-bond acceptors (Lipinski definition) is 7. The predicted octanol–water partition coefficient (Wildman–Crippen LogP) is 2.50. The summed E-state index contributed by atoms with van der Waals surface area (Å²) in [6, 6.07) is 5.83. The molecule has 1 aliphatic rings. The van der Waals surface area contributed by atoms with Crippen molar-refractivity contribution in [1.29, 1.82) is 0 Å². The monoisotopic (exact) mass is 387 g/mol. The van der Waals surface area contributed by atoms with E-state index in [9.17, 15) is 4.79 Å². The molecule has 1 aliphatic heterocycles. The Balaban J connectivity index is 1.65. The minimum Gasteiger partial charge on any atom is -0.492 e. The molecule has 0 N–H and O–H groups in total. The van der Waals surface area contributed by atoms with Gasteiger partial charge in [-0.3, -0.25) is 9.69 Å². The van der Waals surface area contributed by atoms with Gasteiger partial charge in [0.1, 0.15) is 30.5 Å². The minimum absolute atomic E-state index is 0.0306. The molecule has 3 aromatic rings. The summed E-state index contributed by atoms with van der Waals surface area (Å²) in [6.45, 7) is 3.84. The van der Waals surface area contributed by atoms with E-state index in [1.54, 1.807) is 4.90 Å². The standard InChI is InChI=1S/C18H21N5O3S/c1-2-25-14-6-3-7-15-17(14)21-18(27-15)23(9-13-5-4-8-26-13)16(24)10-22-12-19-11-20-22/h3,6-7,11-13H,2,4-5,8-10H2,1H3. The SMILES string of the molecule is CCOc1cccc2sc(N(CC3CCCO3)C(=O)Cn3cncn3)nc12. The van der Waals surface area contributed by atoms with Gasteiger partial charge in [0.25, 0.3) is 5.91 Å². The van der Waals surface area contributed by atoms with Crippen molar-refractivity contribution in [3.05, 3.63) is 30.9 Å². The highest BCUT2D eigenvalue weighted by atomic mass is 32.1. The summed E-state index contributed by atoms with van der Waals surface area (Å²) in [5.41, 5.74) is 0.783. The normalized spacial score (nSPS) is 16.7. The molecule has 1 saturated heterocycles. The molecule has 1 unspecified atom stereocenters. The largest absolute Gasteiger partial charge is 0.492 e. The molecule has 1 atom stereocenters. The van der Waals surface area contributed by atoms with Crippen molar-refractivity contribution in [2.75, 3.05) is 24.7 Å². The van der Waals surface area contributed by atoms with Crippen molar-refractivity contribution in [1.82, 2.24) is 19.7 Å². The van der Waals surface area contributed by atoms with E-state index in [2.05, 4.69) is 10.1 Å². The van der Waals surface area contributed by atoms with Crippen LogP contribution in [0.5, 0.6) is 5.75 Å². The molecule has 142 valence electrons. The number of carbonyl (C=O) groups is 1. The third-order valence-electron chi connectivity index (χ3n) is 4.38. The van der Waals surface area contributed by atoms with E-state index in [-0.39, 0.29) is 18.6 Å². The molecule has 0 spiro atoms. The number of ether oxygens (including phenoxy) is 2. The number of carbonyl (C=O) groups excluding carboxylic acids is 1. The van der Waals surface area contributed by atoms with Crippen molar-refractivity contribution >= 4 is 32.6 Å². The van der Waals surface area contributed by atoms with Crippen LogP contribution in [0, 0.1) is 0 Å². The first-order valence-electron chi connectivity index (χ1n) is 9.01. The Morgan fingerprint density at radius 1 is 1.48 bits per heavy atom. The van der Waals surface area contributed by atoms with E-state index in [4.69, 9.17) is 14.5 Å². The van der Waals surface area contributed by atoms with Crippen LogP contribution in [0.1, 0.15) is 19.8 Å². The number of rotatable bonds is 7. The number of aromatic nitrogens is 4. The van der Waals surface area contributed by atoms with Gasteiger partial charge in [0.05, 0.1) is 24.0 Å². The molecule has 0 radical (unpaired) electrons. The summed E-state index contributed by atoms with van der Waals surface area (Å²) in [4.78, 5) is 23.3. The van der Waals surface area contributed by atoms with E-state index in [0.29, 0.717) is 18.3 Å². The highest BCUT2D eigenvalue weighted by molar-refractivity contribution is 7.22. The van der Waals surface area contributed by atoms with Crippen LogP contribution in [-0.2, 0) is 16.1 Å². The predicted molar refractivity (Wildman–Crippen MR) is 102 cm³/mol. The second kappa shape index (κ2) is 8.01. The van der Waals surface area contributed by atoms with Gasteiger partial charge in [0.2, 0.25) is 0 Å². The fourth-order valence-corrected chi connectivity index (χ4v) is 4.13. The molecule has 1 fully saturated rings. The van der Waals surface area contributed by atoms with Crippen molar-refractivity contribution < 1.29 is 14.3 Å². The zero-order chi connectivity index (χ0) is 18.6. The Labute approximate surface area is 160 Å². The van der Waals surface area contributed by atoms with Gasteiger partial charge in [0.15, 0.2) is 5.13 Å². The second-order valence-electron chi connectivity index (χ2n) is 6.26. The number of thiazole rings is 1. The van der Waals surface area contributed by atoms with Crippen molar-refractivity contribution in [3.8, 4) is 5.75 Å². The van der Waals surface area contributed by atoms with Crippen molar-refractivity contribution in [2.24, 2.45) is 0 Å². The lowest BCUT2D eigenvalue weighted by Gasteiger charge is -2.22. The number of hydrogen-bond donors (Lipinski definition) is 0. The Morgan fingerprint density at radius 2 is 2.41 bits per heavy atom. The van der Waals surface area contributed by atoms with E-state index >= 15 is 0 Å². The van der Waals surface area contributed by atoms with Gasteiger partial charge in [-0.2, -0.15) is 5.10 Å². The van der Waals surface area contributed by atoms with Crippen LogP contribution >= 0.6 is 11.3 Å². The maximum absolute atomic E-state index is 13.0. The Morgan fingerprint density at radius 3 is 3.15 bits per heavy atom. The van der Waals surface area contributed by atoms with Crippen LogP contribution in [0.15, 0.2) is 30.9 Å². The van der Waals surface area contributed by atoms with Gasteiger partial charge in [-0.15, -0.1) is 0 Å². The molecule has 8 nitrogen and oxygen atoms in total. The molecular weight excluding hydrogens is 366 g/mol. The smallest absolute Gasteiger partial charge is 0.250 e. The van der Waals surface area contributed by atoms with Crippen LogP contribution in [0.25, 0.3) is 10.2 Å². The van der Waals surface area contributed by atoms with Gasteiger partial charge < -0.3 is 9.47 Å². The van der Waals surface area contributed by atoms with Gasteiger partial charge in [-0.1, -0.05) is 17.4 Å². The first-order chi connectivity index (χ1) is 13.2. The Bertz CT molecular complexity index is 905. The van der Waals surface area contributed by atoms with Gasteiger partial charge in [-0.05, 0) is 31.9 Å². The summed E-state index contributed by atoms with van der Waals surface area (Å²) < 4.78 is 13.9. The fraction of sp³-hybridized carbons (Fsp3) is 0.444. The zero-order valence-corrected chi connectivity index (χ0v) is 15.9. The summed E-state index contributed by atoms with van der Waals surface area (Å²) in [5.74, 6) is 0.645. The molecule has 0 saturated carbocycles. The minimum atomic E-state index is -0.0898. The Hall–Kier alpha value is -2.52. The fourth-order valence-electron chi connectivity index (χ4n) is 3.12. The quantitative estimate of drug-likeness (QED) is 0.619. The molecule has 1 amide bonds. The first-order valence-corrected chi connectivity index (χ1v) is 9.83. The van der Waals surface area contributed by atoms with Crippen molar-refractivity contribution in [3.63, 3.8) is 0 Å². The van der Waals surface area contributed by atoms with E-state index < -0.39 is 0 Å². The molecule has 3 heterocycles. The van der Waals surface area contributed by atoms with E-state index in [0.717, 1.165) is 35.4 Å². The number of para-hydroxylation sites is 1.